The lowest BCUT2D eigenvalue weighted by Crippen LogP contribution is -2.32. The lowest BCUT2D eigenvalue weighted by Gasteiger charge is -2.25. The Hall–Kier alpha value is -3.85. The second-order valence-electron chi connectivity index (χ2n) is 10.2. The normalized spacial score (nSPS) is 19.7. The molecule has 1 aromatic heterocycles. The lowest BCUT2D eigenvalue weighted by molar-refractivity contribution is -0.119. The molecule has 2 fully saturated rings. The van der Waals surface area contributed by atoms with Crippen molar-refractivity contribution in [1.82, 2.24) is 15.6 Å². The number of rotatable bonds is 4. The van der Waals surface area contributed by atoms with Gasteiger partial charge in [0.05, 0.1) is 0 Å². The third kappa shape index (κ3) is 4.41. The van der Waals surface area contributed by atoms with Crippen LogP contribution in [0.4, 0.5) is 14.6 Å². The summed E-state index contributed by atoms with van der Waals surface area (Å²) in [6, 6.07) is 10.3. The molecule has 6 rings (SSSR count). The number of amides is 2. The summed E-state index contributed by atoms with van der Waals surface area (Å²) in [5.41, 5.74) is 10.3. The van der Waals surface area contributed by atoms with E-state index in [2.05, 4.69) is 21.7 Å². The fourth-order valence-electron chi connectivity index (χ4n) is 5.83. The van der Waals surface area contributed by atoms with Crippen LogP contribution in [-0.2, 0) is 16.0 Å². The summed E-state index contributed by atoms with van der Waals surface area (Å²) in [6.07, 6.45) is 2.66. The molecule has 38 heavy (non-hydrogen) atoms. The minimum Gasteiger partial charge on any atom is -0.383 e. The molecule has 3 aliphatic heterocycles. The molecular formula is C29H28F2N4O3. The van der Waals surface area contributed by atoms with Gasteiger partial charge in [-0.2, -0.15) is 4.39 Å². The Bertz CT molecular complexity index is 1450. The Morgan fingerprint density at radius 3 is 2.47 bits per heavy atom. The number of anilines is 1. The number of carbonyl (C=O) groups is 2. The Morgan fingerprint density at radius 1 is 0.895 bits per heavy atom. The summed E-state index contributed by atoms with van der Waals surface area (Å²) in [7, 11) is 0. The number of nitrogens with one attached hydrogen (secondary N) is 2. The molecule has 196 valence electrons. The molecule has 0 aliphatic carbocycles. The van der Waals surface area contributed by atoms with Crippen LogP contribution >= 0.6 is 0 Å². The molecule has 1 unspecified atom stereocenters. The Kier molecular flexibility index (Phi) is 6.31. The number of pyridine rings is 1. The number of fused-ring (bicyclic) bond motifs is 1. The number of nitrogens with two attached hydrogens (primary N) is 1. The predicted octanol–water partition coefficient (Wildman–Crippen LogP) is 4.06. The maximum absolute atomic E-state index is 15.4. The SMILES string of the molecule is Nc1nc(F)c(-c2ccc(C3CCOCC3)cc2C2CNC(=O)C2)cc1-c1cc2c(cc1F)C(=O)NCC2. The quantitative estimate of drug-likeness (QED) is 0.452. The standard InChI is InChI=1S/C29H28F2N4O3/c30-25-13-21-17(3-6-33-29(21)37)10-22(25)24-12-23(27(31)35-28(24)32)19-2-1-16(15-4-7-38-8-5-15)9-20(19)18-11-26(36)34-14-18/h1-2,9-10,12-13,15,18H,3-8,11,14H2,(H2,32,35)(H,33,37)(H,34,36). The predicted molar refractivity (Wildman–Crippen MR) is 139 cm³/mol. The van der Waals surface area contributed by atoms with E-state index in [9.17, 15) is 9.59 Å². The van der Waals surface area contributed by atoms with Crippen LogP contribution in [-0.4, -0.2) is 43.1 Å². The smallest absolute Gasteiger partial charge is 0.251 e. The van der Waals surface area contributed by atoms with Gasteiger partial charge in [0.1, 0.15) is 11.6 Å². The van der Waals surface area contributed by atoms with Crippen molar-refractivity contribution in [2.45, 2.75) is 37.5 Å². The van der Waals surface area contributed by atoms with E-state index >= 15 is 8.78 Å². The minimum absolute atomic E-state index is 0.0471. The molecule has 3 aliphatic rings. The van der Waals surface area contributed by atoms with Crippen LogP contribution in [0.15, 0.2) is 36.4 Å². The highest BCUT2D eigenvalue weighted by Crippen LogP contribution is 2.40. The highest BCUT2D eigenvalue weighted by molar-refractivity contribution is 5.97. The molecule has 0 spiro atoms. The van der Waals surface area contributed by atoms with Crippen LogP contribution < -0.4 is 16.4 Å². The first-order chi connectivity index (χ1) is 18.4. The number of carbonyl (C=O) groups excluding carboxylic acids is 2. The highest BCUT2D eigenvalue weighted by atomic mass is 19.1. The zero-order chi connectivity index (χ0) is 26.4. The summed E-state index contributed by atoms with van der Waals surface area (Å²) in [4.78, 5) is 28.2. The number of nitrogen functional groups attached to an aromatic ring is 1. The van der Waals surface area contributed by atoms with Crippen LogP contribution in [0.5, 0.6) is 0 Å². The van der Waals surface area contributed by atoms with Crippen LogP contribution in [0.3, 0.4) is 0 Å². The fourth-order valence-corrected chi connectivity index (χ4v) is 5.83. The van der Waals surface area contributed by atoms with E-state index < -0.39 is 11.8 Å². The van der Waals surface area contributed by atoms with Crippen molar-refractivity contribution in [2.24, 2.45) is 0 Å². The summed E-state index contributed by atoms with van der Waals surface area (Å²) >= 11 is 0. The average Bonchev–Trinajstić information content (AvgIpc) is 3.36. The van der Waals surface area contributed by atoms with Crippen molar-refractivity contribution >= 4 is 17.6 Å². The van der Waals surface area contributed by atoms with E-state index in [0.29, 0.717) is 56.2 Å². The van der Waals surface area contributed by atoms with Crippen molar-refractivity contribution in [3.63, 3.8) is 0 Å². The molecule has 9 heteroatoms. The molecule has 2 aromatic carbocycles. The van der Waals surface area contributed by atoms with E-state index in [1.54, 1.807) is 6.07 Å². The Labute approximate surface area is 218 Å². The lowest BCUT2D eigenvalue weighted by atomic mass is 9.83. The zero-order valence-electron chi connectivity index (χ0n) is 20.8. The van der Waals surface area contributed by atoms with E-state index in [0.717, 1.165) is 24.0 Å². The molecule has 4 N–H and O–H groups in total. The van der Waals surface area contributed by atoms with Crippen LogP contribution in [0, 0.1) is 11.8 Å². The van der Waals surface area contributed by atoms with Gasteiger partial charge in [0.15, 0.2) is 0 Å². The second-order valence-corrected chi connectivity index (χ2v) is 10.2. The topological polar surface area (TPSA) is 106 Å². The first-order valence-electron chi connectivity index (χ1n) is 12.9. The third-order valence-electron chi connectivity index (χ3n) is 7.89. The molecule has 2 saturated heterocycles. The van der Waals surface area contributed by atoms with Gasteiger partial charge in [-0.05, 0) is 65.6 Å². The third-order valence-corrected chi connectivity index (χ3v) is 7.89. The van der Waals surface area contributed by atoms with Crippen LogP contribution in [0.2, 0.25) is 0 Å². The van der Waals surface area contributed by atoms with Gasteiger partial charge in [-0.3, -0.25) is 9.59 Å². The van der Waals surface area contributed by atoms with Gasteiger partial charge in [-0.15, -0.1) is 0 Å². The van der Waals surface area contributed by atoms with Crippen LogP contribution in [0.1, 0.15) is 58.1 Å². The highest BCUT2D eigenvalue weighted by Gasteiger charge is 2.29. The maximum atomic E-state index is 15.4. The summed E-state index contributed by atoms with van der Waals surface area (Å²) in [6.45, 7) is 2.30. The van der Waals surface area contributed by atoms with Crippen molar-refractivity contribution < 1.29 is 23.1 Å². The van der Waals surface area contributed by atoms with Crippen molar-refractivity contribution in [1.29, 1.82) is 0 Å². The first kappa shape index (κ1) is 24.5. The molecule has 0 saturated carbocycles. The monoisotopic (exact) mass is 518 g/mol. The molecular weight excluding hydrogens is 490 g/mol. The van der Waals surface area contributed by atoms with Gasteiger partial charge in [-0.1, -0.05) is 18.2 Å². The first-order valence-corrected chi connectivity index (χ1v) is 12.9. The second kappa shape index (κ2) is 9.79. The molecule has 2 amide bonds. The summed E-state index contributed by atoms with van der Waals surface area (Å²) < 4.78 is 36.2. The van der Waals surface area contributed by atoms with E-state index in [-0.39, 0.29) is 45.8 Å². The number of hydrogen-bond donors (Lipinski definition) is 3. The van der Waals surface area contributed by atoms with Gasteiger partial charge >= 0.3 is 0 Å². The Balaban J connectivity index is 1.47. The van der Waals surface area contributed by atoms with Gasteiger partial charge in [-0.25, -0.2) is 9.37 Å². The molecule has 3 aromatic rings. The largest absolute Gasteiger partial charge is 0.383 e. The molecule has 1 atom stereocenters. The molecule has 0 bridgehead atoms. The summed E-state index contributed by atoms with van der Waals surface area (Å²) in [5, 5.41) is 5.59. The number of ether oxygens (including phenoxy) is 1. The van der Waals surface area contributed by atoms with Crippen molar-refractivity contribution in [3.05, 3.63) is 70.4 Å². The van der Waals surface area contributed by atoms with Crippen LogP contribution in [0.25, 0.3) is 22.3 Å². The number of halogens is 2. The molecule has 4 heterocycles. The Morgan fingerprint density at radius 2 is 1.71 bits per heavy atom. The van der Waals surface area contributed by atoms with Crippen molar-refractivity contribution in [3.8, 4) is 22.3 Å². The fraction of sp³-hybridized carbons (Fsp3) is 0.345. The minimum atomic E-state index is -0.763. The number of nitrogens with zero attached hydrogens (tertiary/aromatic N) is 1. The van der Waals surface area contributed by atoms with Crippen molar-refractivity contribution in [2.75, 3.05) is 32.0 Å². The number of aromatic nitrogens is 1. The number of hydrogen-bond acceptors (Lipinski definition) is 5. The zero-order valence-corrected chi connectivity index (χ0v) is 20.8. The number of benzene rings is 2. The van der Waals surface area contributed by atoms with E-state index in [1.807, 2.05) is 12.1 Å². The molecule has 0 radical (unpaired) electrons. The van der Waals surface area contributed by atoms with Gasteiger partial charge in [0.25, 0.3) is 5.91 Å². The van der Waals surface area contributed by atoms with E-state index in [4.69, 9.17) is 10.5 Å². The molecule has 7 nitrogen and oxygen atoms in total. The van der Waals surface area contributed by atoms with Gasteiger partial charge < -0.3 is 21.1 Å². The average molecular weight is 519 g/mol. The van der Waals surface area contributed by atoms with Gasteiger partial charge in [0.2, 0.25) is 11.9 Å². The maximum Gasteiger partial charge on any atom is 0.251 e. The summed E-state index contributed by atoms with van der Waals surface area (Å²) in [5.74, 6) is -1.70. The van der Waals surface area contributed by atoms with Gasteiger partial charge in [0, 0.05) is 60.9 Å². The van der Waals surface area contributed by atoms with E-state index in [1.165, 1.54) is 12.1 Å².